The number of hydrogen-bond acceptors (Lipinski definition) is 6. The summed E-state index contributed by atoms with van der Waals surface area (Å²) in [6, 6.07) is 4.03. The van der Waals surface area contributed by atoms with Gasteiger partial charge in [-0.25, -0.2) is 4.79 Å². The molecule has 1 aromatic carbocycles. The van der Waals surface area contributed by atoms with Gasteiger partial charge < -0.3 is 15.2 Å². The third-order valence-corrected chi connectivity index (χ3v) is 2.69. The monoisotopic (exact) mass is 288 g/mol. The summed E-state index contributed by atoms with van der Waals surface area (Å²) in [6.45, 7) is -0.0155. The summed E-state index contributed by atoms with van der Waals surface area (Å²) >= 11 is 5.43. The second-order valence-corrected chi connectivity index (χ2v) is 3.95. The summed E-state index contributed by atoms with van der Waals surface area (Å²) in [5.41, 5.74) is -0.244. The molecule has 2 N–H and O–H groups in total. The Labute approximate surface area is 114 Å². The highest BCUT2D eigenvalue weighted by molar-refractivity contribution is 6.18. The van der Waals surface area contributed by atoms with Gasteiger partial charge in [0.25, 0.3) is 5.69 Å². The van der Waals surface area contributed by atoms with Gasteiger partial charge >= 0.3 is 5.97 Å². The Hall–Kier alpha value is -1.86. The second-order valence-electron chi connectivity index (χ2n) is 3.64. The molecule has 0 aliphatic heterocycles. The predicted octanol–water partition coefficient (Wildman–Crippen LogP) is 1.39. The number of methoxy groups -OCH3 is 1. The molecule has 1 aromatic rings. The number of anilines is 1. The largest absolute Gasteiger partial charge is 0.465 e. The zero-order chi connectivity index (χ0) is 14.4. The molecule has 0 radical (unpaired) electrons. The smallest absolute Gasteiger partial charge is 0.340 e. The molecule has 0 saturated heterocycles. The molecule has 0 heterocycles. The van der Waals surface area contributed by atoms with E-state index in [-0.39, 0.29) is 29.4 Å². The number of para-hydroxylation sites is 1. The summed E-state index contributed by atoms with van der Waals surface area (Å²) in [6.07, 6.45) is -0.882. The lowest BCUT2D eigenvalue weighted by Gasteiger charge is -2.13. The van der Waals surface area contributed by atoms with Crippen LogP contribution in [-0.4, -0.2) is 41.6 Å². The molecule has 1 atom stereocenters. The summed E-state index contributed by atoms with van der Waals surface area (Å²) < 4.78 is 4.55. The number of benzene rings is 1. The van der Waals surface area contributed by atoms with Crippen molar-refractivity contribution in [2.24, 2.45) is 0 Å². The van der Waals surface area contributed by atoms with Crippen molar-refractivity contribution in [3.8, 4) is 0 Å². The van der Waals surface area contributed by atoms with E-state index >= 15 is 0 Å². The molecule has 1 rings (SSSR count). The number of nitro groups is 1. The number of nitrogens with zero attached hydrogens (tertiary/aromatic N) is 1. The number of aliphatic hydroxyl groups is 1. The SMILES string of the molecule is COC(=O)c1cccc([N+](=O)[O-])c1NCC(O)CCl. The molecule has 19 heavy (non-hydrogen) atoms. The number of alkyl halides is 1. The van der Waals surface area contributed by atoms with Gasteiger partial charge in [-0.2, -0.15) is 0 Å². The number of esters is 1. The van der Waals surface area contributed by atoms with E-state index in [1.54, 1.807) is 0 Å². The van der Waals surface area contributed by atoms with Gasteiger partial charge in [0.2, 0.25) is 0 Å². The molecule has 8 heteroatoms. The summed E-state index contributed by atoms with van der Waals surface area (Å²) in [4.78, 5) is 21.9. The molecular weight excluding hydrogens is 276 g/mol. The Morgan fingerprint density at radius 1 is 1.63 bits per heavy atom. The van der Waals surface area contributed by atoms with Gasteiger partial charge in [-0.05, 0) is 6.07 Å². The third kappa shape index (κ3) is 3.80. The molecule has 0 spiro atoms. The van der Waals surface area contributed by atoms with E-state index in [2.05, 4.69) is 10.1 Å². The summed E-state index contributed by atoms with van der Waals surface area (Å²) in [5.74, 6) is -0.729. The normalized spacial score (nSPS) is 11.7. The van der Waals surface area contributed by atoms with Crippen LogP contribution in [0.4, 0.5) is 11.4 Å². The van der Waals surface area contributed by atoms with Crippen molar-refractivity contribution in [1.82, 2.24) is 0 Å². The fraction of sp³-hybridized carbons (Fsp3) is 0.364. The van der Waals surface area contributed by atoms with E-state index in [0.717, 1.165) is 0 Å². The number of ether oxygens (including phenoxy) is 1. The van der Waals surface area contributed by atoms with E-state index in [0.29, 0.717) is 0 Å². The van der Waals surface area contributed by atoms with Crippen LogP contribution in [0.15, 0.2) is 18.2 Å². The molecule has 1 unspecified atom stereocenters. The van der Waals surface area contributed by atoms with Crippen molar-refractivity contribution in [2.75, 3.05) is 24.9 Å². The Bertz CT molecular complexity index is 480. The summed E-state index contributed by atoms with van der Waals surface area (Å²) in [7, 11) is 1.18. The standard InChI is InChI=1S/C11H13ClN2O5/c1-19-11(16)8-3-2-4-9(14(17)18)10(8)13-6-7(15)5-12/h2-4,7,13,15H,5-6H2,1H3. The maximum atomic E-state index is 11.5. The van der Waals surface area contributed by atoms with Crippen LogP contribution in [0.3, 0.4) is 0 Å². The van der Waals surface area contributed by atoms with Gasteiger partial charge in [-0.3, -0.25) is 10.1 Å². The molecule has 0 aromatic heterocycles. The van der Waals surface area contributed by atoms with Gasteiger partial charge in [0.15, 0.2) is 0 Å². The van der Waals surface area contributed by atoms with E-state index in [9.17, 15) is 20.0 Å². The zero-order valence-corrected chi connectivity index (χ0v) is 10.9. The number of halogens is 1. The number of rotatable bonds is 6. The van der Waals surface area contributed by atoms with E-state index in [1.165, 1.54) is 25.3 Å². The lowest BCUT2D eigenvalue weighted by Crippen LogP contribution is -2.22. The van der Waals surface area contributed by atoms with Crippen LogP contribution in [-0.2, 0) is 4.74 Å². The van der Waals surface area contributed by atoms with Crippen LogP contribution >= 0.6 is 11.6 Å². The van der Waals surface area contributed by atoms with Crippen LogP contribution < -0.4 is 5.32 Å². The molecule has 0 bridgehead atoms. The fourth-order valence-electron chi connectivity index (χ4n) is 1.43. The average molecular weight is 289 g/mol. The van der Waals surface area contributed by atoms with Crippen LogP contribution in [0.2, 0.25) is 0 Å². The number of carbonyl (C=O) groups is 1. The molecule has 0 aliphatic rings. The Morgan fingerprint density at radius 3 is 2.84 bits per heavy atom. The highest BCUT2D eigenvalue weighted by Crippen LogP contribution is 2.28. The number of nitrogens with one attached hydrogen (secondary N) is 1. The minimum absolute atomic E-state index is 0.00326. The van der Waals surface area contributed by atoms with Crippen molar-refractivity contribution >= 4 is 28.9 Å². The second kappa shape index (κ2) is 6.91. The molecule has 7 nitrogen and oxygen atoms in total. The van der Waals surface area contributed by atoms with Crippen LogP contribution in [0, 0.1) is 10.1 Å². The molecule has 0 fully saturated rings. The van der Waals surface area contributed by atoms with E-state index < -0.39 is 17.0 Å². The van der Waals surface area contributed by atoms with Crippen molar-refractivity contribution in [2.45, 2.75) is 6.10 Å². The van der Waals surface area contributed by atoms with Gasteiger partial charge in [-0.15, -0.1) is 11.6 Å². The van der Waals surface area contributed by atoms with Gasteiger partial charge in [0.05, 0.1) is 29.6 Å². The Kier molecular flexibility index (Phi) is 5.53. The summed E-state index contributed by atoms with van der Waals surface area (Å²) in [5, 5.41) is 22.9. The first-order valence-electron chi connectivity index (χ1n) is 5.34. The van der Waals surface area contributed by atoms with E-state index in [1.807, 2.05) is 0 Å². The first kappa shape index (κ1) is 15.2. The zero-order valence-electron chi connectivity index (χ0n) is 10.1. The number of hydrogen-bond donors (Lipinski definition) is 2. The van der Waals surface area contributed by atoms with Gasteiger partial charge in [-0.1, -0.05) is 6.07 Å². The Balaban J connectivity index is 3.14. The Morgan fingerprint density at radius 2 is 2.32 bits per heavy atom. The van der Waals surface area contributed by atoms with Gasteiger partial charge in [0, 0.05) is 12.6 Å². The van der Waals surface area contributed by atoms with Crippen molar-refractivity contribution in [3.63, 3.8) is 0 Å². The molecule has 0 amide bonds. The topological polar surface area (TPSA) is 102 Å². The lowest BCUT2D eigenvalue weighted by atomic mass is 10.1. The van der Waals surface area contributed by atoms with Crippen LogP contribution in [0.5, 0.6) is 0 Å². The van der Waals surface area contributed by atoms with Crippen molar-refractivity contribution in [3.05, 3.63) is 33.9 Å². The predicted molar refractivity (Wildman–Crippen MR) is 69.7 cm³/mol. The average Bonchev–Trinajstić information content (AvgIpc) is 2.43. The van der Waals surface area contributed by atoms with Crippen molar-refractivity contribution in [1.29, 1.82) is 0 Å². The quantitative estimate of drug-likeness (QED) is 0.355. The molecule has 104 valence electrons. The molecular formula is C11H13ClN2O5. The fourth-order valence-corrected chi connectivity index (χ4v) is 1.54. The molecule has 0 aliphatic carbocycles. The first-order chi connectivity index (χ1) is 9.01. The van der Waals surface area contributed by atoms with Crippen LogP contribution in [0.25, 0.3) is 0 Å². The first-order valence-corrected chi connectivity index (χ1v) is 5.88. The van der Waals surface area contributed by atoms with E-state index in [4.69, 9.17) is 11.6 Å². The van der Waals surface area contributed by atoms with Gasteiger partial charge in [0.1, 0.15) is 5.69 Å². The molecule has 0 saturated carbocycles. The lowest BCUT2D eigenvalue weighted by molar-refractivity contribution is -0.384. The highest BCUT2D eigenvalue weighted by Gasteiger charge is 2.22. The minimum atomic E-state index is -0.882. The number of carbonyl (C=O) groups excluding carboxylic acids is 1. The third-order valence-electron chi connectivity index (χ3n) is 2.34. The van der Waals surface area contributed by atoms with Crippen LogP contribution in [0.1, 0.15) is 10.4 Å². The maximum absolute atomic E-state index is 11.5. The van der Waals surface area contributed by atoms with Crippen molar-refractivity contribution < 1.29 is 19.6 Å². The number of aliphatic hydroxyl groups excluding tert-OH is 1. The number of nitro benzene ring substituents is 1. The highest BCUT2D eigenvalue weighted by atomic mass is 35.5. The maximum Gasteiger partial charge on any atom is 0.340 e. The minimum Gasteiger partial charge on any atom is -0.465 e.